The molecule has 1 aromatic heterocycles. The van der Waals surface area contributed by atoms with Crippen molar-refractivity contribution in [1.82, 2.24) is 10.2 Å². The van der Waals surface area contributed by atoms with Crippen LogP contribution in [0.1, 0.15) is 23.4 Å². The number of nitrogens with zero attached hydrogens (tertiary/aromatic N) is 2. The van der Waals surface area contributed by atoms with Gasteiger partial charge in [-0.05, 0) is 31.9 Å². The number of aryl methyl sites for hydroxylation is 1. The van der Waals surface area contributed by atoms with E-state index in [-0.39, 0.29) is 12.0 Å². The monoisotopic (exact) mass is 319 g/mol. The molecule has 1 aromatic carbocycles. The summed E-state index contributed by atoms with van der Waals surface area (Å²) in [6, 6.07) is 7.80. The van der Waals surface area contributed by atoms with Crippen LogP contribution in [-0.2, 0) is 16.1 Å². The molecule has 1 saturated heterocycles. The largest absolute Gasteiger partial charge is 0.486 e. The zero-order chi connectivity index (χ0) is 15.4. The summed E-state index contributed by atoms with van der Waals surface area (Å²) in [7, 11) is 0. The second-order valence-electron chi connectivity index (χ2n) is 5.09. The maximum Gasteiger partial charge on any atom is 0.255 e. The zero-order valence-electron chi connectivity index (χ0n) is 12.2. The molecule has 2 heterocycles. The summed E-state index contributed by atoms with van der Waals surface area (Å²) in [5.74, 6) is 0.630. The van der Waals surface area contributed by atoms with E-state index in [2.05, 4.69) is 15.5 Å². The third-order valence-electron chi connectivity index (χ3n) is 3.30. The molecule has 6 nitrogen and oxygen atoms in total. The molecular formula is C15H17N3O3S. The molecule has 1 N–H and O–H groups in total. The highest BCUT2D eigenvalue weighted by atomic mass is 32.1. The Labute approximate surface area is 132 Å². The van der Waals surface area contributed by atoms with Crippen LogP contribution in [0, 0.1) is 6.92 Å². The van der Waals surface area contributed by atoms with Crippen LogP contribution in [0.25, 0.3) is 0 Å². The average molecular weight is 319 g/mol. The average Bonchev–Trinajstić information content (AvgIpc) is 3.18. The van der Waals surface area contributed by atoms with Gasteiger partial charge in [0.1, 0.15) is 18.5 Å². The maximum atomic E-state index is 11.9. The Morgan fingerprint density at radius 1 is 1.41 bits per heavy atom. The molecule has 1 amide bonds. The van der Waals surface area contributed by atoms with Gasteiger partial charge >= 0.3 is 0 Å². The zero-order valence-corrected chi connectivity index (χ0v) is 13.1. The molecule has 0 bridgehead atoms. The number of amides is 1. The van der Waals surface area contributed by atoms with Crippen molar-refractivity contribution >= 4 is 22.4 Å². The van der Waals surface area contributed by atoms with Crippen LogP contribution < -0.4 is 10.1 Å². The summed E-state index contributed by atoms with van der Waals surface area (Å²) in [5, 5.41) is 11.9. The molecule has 1 atom stereocenters. The Kier molecular flexibility index (Phi) is 4.65. The van der Waals surface area contributed by atoms with Crippen LogP contribution in [0.5, 0.6) is 5.75 Å². The van der Waals surface area contributed by atoms with Crippen LogP contribution in [0.3, 0.4) is 0 Å². The molecule has 1 unspecified atom stereocenters. The number of aromatic nitrogens is 2. The van der Waals surface area contributed by atoms with E-state index < -0.39 is 0 Å². The standard InChI is InChI=1S/C15H17N3O3S/c1-10-4-6-11(7-5-10)21-9-13-17-18-15(22-13)16-14(19)12-3-2-8-20-12/h4-7,12H,2-3,8-9H2,1H3,(H,16,18,19). The Bertz CT molecular complexity index is 636. The number of nitrogens with one attached hydrogen (secondary N) is 1. The first-order valence-electron chi connectivity index (χ1n) is 7.15. The molecule has 22 heavy (non-hydrogen) atoms. The normalized spacial score (nSPS) is 17.4. The number of anilines is 1. The second-order valence-corrected chi connectivity index (χ2v) is 6.16. The van der Waals surface area contributed by atoms with Gasteiger partial charge in [0, 0.05) is 6.61 Å². The van der Waals surface area contributed by atoms with E-state index in [1.807, 2.05) is 31.2 Å². The number of hydrogen-bond acceptors (Lipinski definition) is 6. The van der Waals surface area contributed by atoms with E-state index in [4.69, 9.17) is 9.47 Å². The smallest absolute Gasteiger partial charge is 0.255 e. The molecule has 0 spiro atoms. The van der Waals surface area contributed by atoms with Gasteiger partial charge in [-0.1, -0.05) is 29.0 Å². The molecule has 1 aliphatic rings. The van der Waals surface area contributed by atoms with Crippen molar-refractivity contribution in [3.63, 3.8) is 0 Å². The van der Waals surface area contributed by atoms with Crippen molar-refractivity contribution < 1.29 is 14.3 Å². The summed E-state index contributed by atoms with van der Waals surface area (Å²) in [5.41, 5.74) is 1.18. The van der Waals surface area contributed by atoms with E-state index in [1.165, 1.54) is 16.9 Å². The Balaban J connectivity index is 1.52. The predicted molar refractivity (Wildman–Crippen MR) is 83.0 cm³/mol. The first-order chi connectivity index (χ1) is 10.7. The van der Waals surface area contributed by atoms with Gasteiger partial charge < -0.3 is 9.47 Å². The van der Waals surface area contributed by atoms with Crippen molar-refractivity contribution in [3.05, 3.63) is 34.8 Å². The van der Waals surface area contributed by atoms with Crippen molar-refractivity contribution in [1.29, 1.82) is 0 Å². The van der Waals surface area contributed by atoms with Gasteiger partial charge in [-0.2, -0.15) is 0 Å². The van der Waals surface area contributed by atoms with Crippen molar-refractivity contribution in [3.8, 4) is 5.75 Å². The van der Waals surface area contributed by atoms with Gasteiger partial charge in [-0.3, -0.25) is 10.1 Å². The molecule has 0 aliphatic carbocycles. The lowest BCUT2D eigenvalue weighted by Gasteiger charge is -2.07. The lowest BCUT2D eigenvalue weighted by atomic mass is 10.2. The van der Waals surface area contributed by atoms with Crippen molar-refractivity contribution in [2.24, 2.45) is 0 Å². The highest BCUT2D eigenvalue weighted by Crippen LogP contribution is 2.20. The fourth-order valence-corrected chi connectivity index (χ4v) is 2.77. The van der Waals surface area contributed by atoms with Crippen LogP contribution in [-0.4, -0.2) is 28.8 Å². The topological polar surface area (TPSA) is 73.3 Å². The van der Waals surface area contributed by atoms with Crippen LogP contribution >= 0.6 is 11.3 Å². The van der Waals surface area contributed by atoms with Gasteiger partial charge in [0.25, 0.3) is 5.91 Å². The van der Waals surface area contributed by atoms with Gasteiger partial charge in [0.15, 0.2) is 5.01 Å². The van der Waals surface area contributed by atoms with Gasteiger partial charge in [-0.25, -0.2) is 0 Å². The lowest BCUT2D eigenvalue weighted by molar-refractivity contribution is -0.124. The summed E-state index contributed by atoms with van der Waals surface area (Å²) in [6.07, 6.45) is 1.31. The molecule has 2 aromatic rings. The van der Waals surface area contributed by atoms with E-state index in [0.29, 0.717) is 23.4 Å². The number of carbonyl (C=O) groups is 1. The van der Waals surface area contributed by atoms with E-state index in [1.54, 1.807) is 0 Å². The number of rotatable bonds is 5. The number of benzene rings is 1. The SMILES string of the molecule is Cc1ccc(OCc2nnc(NC(=O)C3CCCO3)s2)cc1. The Morgan fingerprint density at radius 2 is 2.23 bits per heavy atom. The van der Waals surface area contributed by atoms with Crippen molar-refractivity contribution in [2.75, 3.05) is 11.9 Å². The highest BCUT2D eigenvalue weighted by molar-refractivity contribution is 7.15. The molecule has 3 rings (SSSR count). The minimum absolute atomic E-state index is 0.153. The molecule has 7 heteroatoms. The Hall–Kier alpha value is -1.99. The van der Waals surface area contributed by atoms with E-state index in [0.717, 1.165) is 18.6 Å². The number of ether oxygens (including phenoxy) is 2. The summed E-state index contributed by atoms with van der Waals surface area (Å²) < 4.78 is 11.0. The first kappa shape index (κ1) is 14.9. The highest BCUT2D eigenvalue weighted by Gasteiger charge is 2.24. The summed E-state index contributed by atoms with van der Waals surface area (Å²) in [6.45, 7) is 3.00. The minimum Gasteiger partial charge on any atom is -0.486 e. The lowest BCUT2D eigenvalue weighted by Crippen LogP contribution is -2.26. The molecule has 1 fully saturated rings. The van der Waals surface area contributed by atoms with Crippen LogP contribution in [0.4, 0.5) is 5.13 Å². The Morgan fingerprint density at radius 3 is 2.95 bits per heavy atom. The second kappa shape index (κ2) is 6.85. The molecule has 0 saturated carbocycles. The molecule has 116 valence electrons. The van der Waals surface area contributed by atoms with Gasteiger partial charge in [0.2, 0.25) is 5.13 Å². The quantitative estimate of drug-likeness (QED) is 0.917. The van der Waals surface area contributed by atoms with Crippen LogP contribution in [0.15, 0.2) is 24.3 Å². The summed E-state index contributed by atoms with van der Waals surface area (Å²) in [4.78, 5) is 11.9. The molecule has 0 radical (unpaired) electrons. The maximum absolute atomic E-state index is 11.9. The van der Waals surface area contributed by atoms with Gasteiger partial charge in [-0.15, -0.1) is 10.2 Å². The fourth-order valence-electron chi connectivity index (χ4n) is 2.11. The van der Waals surface area contributed by atoms with Gasteiger partial charge in [0.05, 0.1) is 0 Å². The third-order valence-corrected chi connectivity index (χ3v) is 4.11. The van der Waals surface area contributed by atoms with E-state index >= 15 is 0 Å². The number of hydrogen-bond donors (Lipinski definition) is 1. The predicted octanol–water partition coefficient (Wildman–Crippen LogP) is 2.54. The van der Waals surface area contributed by atoms with E-state index in [9.17, 15) is 4.79 Å². The van der Waals surface area contributed by atoms with Crippen molar-refractivity contribution in [2.45, 2.75) is 32.5 Å². The first-order valence-corrected chi connectivity index (χ1v) is 7.97. The molecular weight excluding hydrogens is 302 g/mol. The molecule has 1 aliphatic heterocycles. The summed E-state index contributed by atoms with van der Waals surface area (Å²) >= 11 is 1.31. The minimum atomic E-state index is -0.365. The fraction of sp³-hybridized carbons (Fsp3) is 0.400. The van der Waals surface area contributed by atoms with Crippen LogP contribution in [0.2, 0.25) is 0 Å². The number of carbonyl (C=O) groups excluding carboxylic acids is 1. The third kappa shape index (κ3) is 3.80.